The molecule has 0 atom stereocenters. The molecule has 3 aromatic heterocycles. The third-order valence-electron chi connectivity index (χ3n) is 3.13. The van der Waals surface area contributed by atoms with E-state index in [-0.39, 0.29) is 0 Å². The summed E-state index contributed by atoms with van der Waals surface area (Å²) in [5, 5.41) is 12.0. The maximum atomic E-state index is 4.42. The van der Waals surface area contributed by atoms with Gasteiger partial charge in [0.05, 0.1) is 22.8 Å². The summed E-state index contributed by atoms with van der Waals surface area (Å²) in [6.45, 7) is 0. The van der Waals surface area contributed by atoms with Crippen LogP contribution in [-0.2, 0) is 0 Å². The Hall–Kier alpha value is -3.02. The van der Waals surface area contributed by atoms with Gasteiger partial charge in [-0.3, -0.25) is 10.1 Å². The van der Waals surface area contributed by atoms with E-state index in [4.69, 9.17) is 0 Å². The minimum atomic E-state index is 0.704. The van der Waals surface area contributed by atoms with Crippen LogP contribution in [0.2, 0.25) is 0 Å². The van der Waals surface area contributed by atoms with E-state index in [2.05, 4.69) is 30.5 Å². The average molecular weight is 262 g/mol. The molecule has 0 amide bonds. The van der Waals surface area contributed by atoms with E-state index in [9.17, 15) is 0 Å². The highest BCUT2D eigenvalue weighted by atomic mass is 15.2. The highest BCUT2D eigenvalue weighted by Crippen LogP contribution is 2.26. The van der Waals surface area contributed by atoms with Crippen molar-refractivity contribution in [2.75, 3.05) is 5.32 Å². The molecule has 4 aromatic rings. The zero-order valence-corrected chi connectivity index (χ0v) is 10.4. The topological polar surface area (TPSA) is 79.4 Å². The van der Waals surface area contributed by atoms with Gasteiger partial charge in [-0.25, -0.2) is 9.97 Å². The lowest BCUT2D eigenvalue weighted by molar-refractivity contribution is 1.09. The van der Waals surface area contributed by atoms with Gasteiger partial charge in [0.25, 0.3) is 0 Å². The van der Waals surface area contributed by atoms with Crippen molar-refractivity contribution in [1.29, 1.82) is 0 Å². The number of pyridine rings is 1. The largest absolute Gasteiger partial charge is 0.338 e. The molecule has 2 N–H and O–H groups in total. The fourth-order valence-electron chi connectivity index (χ4n) is 2.20. The molecule has 1 aromatic carbocycles. The van der Waals surface area contributed by atoms with Crippen molar-refractivity contribution < 1.29 is 0 Å². The lowest BCUT2D eigenvalue weighted by atomic mass is 10.2. The van der Waals surface area contributed by atoms with Gasteiger partial charge < -0.3 is 5.32 Å². The molecule has 0 bridgehead atoms. The van der Waals surface area contributed by atoms with Crippen molar-refractivity contribution in [3.05, 3.63) is 49.1 Å². The van der Waals surface area contributed by atoms with Crippen LogP contribution >= 0.6 is 0 Å². The molecule has 20 heavy (non-hydrogen) atoms. The van der Waals surface area contributed by atoms with Crippen LogP contribution in [0.1, 0.15) is 0 Å². The van der Waals surface area contributed by atoms with Gasteiger partial charge in [0.2, 0.25) is 0 Å². The van der Waals surface area contributed by atoms with Crippen molar-refractivity contribution in [3.63, 3.8) is 0 Å². The van der Waals surface area contributed by atoms with Gasteiger partial charge in [-0.1, -0.05) is 18.2 Å². The van der Waals surface area contributed by atoms with Crippen LogP contribution in [0.25, 0.3) is 21.9 Å². The summed E-state index contributed by atoms with van der Waals surface area (Å²) in [5.41, 5.74) is 2.52. The Bertz CT molecular complexity index is 893. The van der Waals surface area contributed by atoms with Crippen molar-refractivity contribution in [1.82, 2.24) is 25.1 Å². The number of nitrogens with one attached hydrogen (secondary N) is 2. The number of para-hydroxylation sites is 1. The molecule has 0 saturated carbocycles. The second-order valence-corrected chi connectivity index (χ2v) is 4.36. The molecule has 6 heteroatoms. The molecule has 0 aliphatic rings. The van der Waals surface area contributed by atoms with E-state index in [0.29, 0.717) is 11.5 Å². The molecule has 0 spiro atoms. The van der Waals surface area contributed by atoms with E-state index in [1.807, 2.05) is 30.3 Å². The molecule has 4 rings (SSSR count). The zero-order valence-electron chi connectivity index (χ0n) is 10.4. The normalized spacial score (nSPS) is 11.0. The maximum Gasteiger partial charge on any atom is 0.160 e. The number of hydrogen-bond donors (Lipinski definition) is 2. The molecule has 6 nitrogen and oxygen atoms in total. The van der Waals surface area contributed by atoms with Crippen molar-refractivity contribution in [2.45, 2.75) is 0 Å². The van der Waals surface area contributed by atoms with E-state index in [0.717, 1.165) is 22.0 Å². The van der Waals surface area contributed by atoms with E-state index >= 15 is 0 Å². The molecular weight excluding hydrogens is 252 g/mol. The summed E-state index contributed by atoms with van der Waals surface area (Å²) in [5.74, 6) is 0.710. The third-order valence-corrected chi connectivity index (χ3v) is 3.13. The molecule has 0 unspecified atom stereocenters. The Kier molecular flexibility index (Phi) is 2.32. The van der Waals surface area contributed by atoms with Crippen LogP contribution in [0.4, 0.5) is 11.5 Å². The lowest BCUT2D eigenvalue weighted by Gasteiger charge is -2.08. The van der Waals surface area contributed by atoms with Crippen LogP contribution < -0.4 is 5.32 Å². The minimum Gasteiger partial charge on any atom is -0.338 e. The van der Waals surface area contributed by atoms with Gasteiger partial charge in [0, 0.05) is 11.6 Å². The first-order chi connectivity index (χ1) is 9.92. The Labute approximate surface area is 113 Å². The van der Waals surface area contributed by atoms with E-state index < -0.39 is 0 Å². The predicted octanol–water partition coefficient (Wildman–Crippen LogP) is 2.64. The van der Waals surface area contributed by atoms with Gasteiger partial charge in [-0.2, -0.15) is 5.10 Å². The van der Waals surface area contributed by atoms with Crippen LogP contribution in [0.5, 0.6) is 0 Å². The number of nitrogens with zero attached hydrogens (tertiary/aromatic N) is 4. The summed E-state index contributed by atoms with van der Waals surface area (Å²) >= 11 is 0. The molecule has 3 heterocycles. The summed E-state index contributed by atoms with van der Waals surface area (Å²) in [7, 11) is 0. The second-order valence-electron chi connectivity index (χ2n) is 4.36. The average Bonchev–Trinajstić information content (AvgIpc) is 2.97. The van der Waals surface area contributed by atoms with Crippen molar-refractivity contribution in [2.24, 2.45) is 0 Å². The highest BCUT2D eigenvalue weighted by Gasteiger charge is 2.07. The molecule has 96 valence electrons. The second kappa shape index (κ2) is 4.27. The van der Waals surface area contributed by atoms with Gasteiger partial charge in [0.15, 0.2) is 5.65 Å². The smallest absolute Gasteiger partial charge is 0.160 e. The van der Waals surface area contributed by atoms with Gasteiger partial charge in [0.1, 0.15) is 12.1 Å². The fraction of sp³-hybridized carbons (Fsp3) is 0. The number of H-pyrrole nitrogens is 1. The van der Waals surface area contributed by atoms with Crippen LogP contribution in [0, 0.1) is 0 Å². The minimum absolute atomic E-state index is 0.704. The van der Waals surface area contributed by atoms with Crippen molar-refractivity contribution >= 4 is 33.4 Å². The fourth-order valence-corrected chi connectivity index (χ4v) is 2.20. The number of fused-ring (bicyclic) bond motifs is 2. The first kappa shape index (κ1) is 10.9. The molecule has 0 aliphatic heterocycles. The summed E-state index contributed by atoms with van der Waals surface area (Å²) in [4.78, 5) is 12.8. The van der Waals surface area contributed by atoms with Gasteiger partial charge in [-0.15, -0.1) is 0 Å². The Morgan fingerprint density at radius 1 is 1.00 bits per heavy atom. The molecule has 0 aliphatic carbocycles. The first-order valence-corrected chi connectivity index (χ1v) is 6.17. The number of anilines is 2. The Balaban J connectivity index is 1.87. The molecule has 0 saturated heterocycles. The summed E-state index contributed by atoms with van der Waals surface area (Å²) in [6, 6.07) is 9.94. The Morgan fingerprint density at radius 3 is 2.95 bits per heavy atom. The van der Waals surface area contributed by atoms with Crippen molar-refractivity contribution in [3.8, 4) is 0 Å². The summed E-state index contributed by atoms with van der Waals surface area (Å²) in [6.07, 6.45) is 4.98. The third kappa shape index (κ3) is 1.66. The van der Waals surface area contributed by atoms with Gasteiger partial charge in [-0.05, 0) is 12.1 Å². The number of rotatable bonds is 2. The quantitative estimate of drug-likeness (QED) is 0.580. The van der Waals surface area contributed by atoms with Crippen LogP contribution in [0.3, 0.4) is 0 Å². The summed E-state index contributed by atoms with van der Waals surface area (Å²) < 4.78 is 0. The molecule has 0 radical (unpaired) electrons. The maximum absolute atomic E-state index is 4.42. The number of benzene rings is 1. The SMILES string of the molecule is c1cnc2c(Nc3ncnc4[nH]ncc34)cccc2c1. The van der Waals surface area contributed by atoms with Crippen LogP contribution in [0.15, 0.2) is 49.1 Å². The van der Waals surface area contributed by atoms with E-state index in [1.165, 1.54) is 6.33 Å². The molecule has 0 fully saturated rings. The zero-order chi connectivity index (χ0) is 13.4. The number of aromatic amines is 1. The number of aromatic nitrogens is 5. The first-order valence-electron chi connectivity index (χ1n) is 6.17. The standard InChI is InChI=1S/C14H10N6/c1-3-9-4-2-6-15-12(9)11(5-1)19-13-10-7-18-20-14(10)17-8-16-13/h1-8H,(H2,16,17,18,19,20). The monoisotopic (exact) mass is 262 g/mol. The van der Waals surface area contributed by atoms with Gasteiger partial charge >= 0.3 is 0 Å². The lowest BCUT2D eigenvalue weighted by Crippen LogP contribution is -1.96. The van der Waals surface area contributed by atoms with E-state index in [1.54, 1.807) is 12.4 Å². The molecular formula is C14H10N6. The highest BCUT2D eigenvalue weighted by molar-refractivity contribution is 5.95. The Morgan fingerprint density at radius 2 is 1.95 bits per heavy atom. The predicted molar refractivity (Wildman–Crippen MR) is 76.7 cm³/mol. The number of hydrogen-bond acceptors (Lipinski definition) is 5. The van der Waals surface area contributed by atoms with Crippen LogP contribution in [-0.4, -0.2) is 25.1 Å².